The van der Waals surface area contributed by atoms with Crippen LogP contribution in [0.2, 0.25) is 0 Å². The van der Waals surface area contributed by atoms with E-state index >= 15 is 0 Å². The van der Waals surface area contributed by atoms with Crippen LogP contribution in [0, 0.1) is 0 Å². The van der Waals surface area contributed by atoms with Crippen molar-refractivity contribution >= 4 is 18.5 Å². The van der Waals surface area contributed by atoms with E-state index in [1.54, 1.807) is 0 Å². The van der Waals surface area contributed by atoms with Crippen LogP contribution in [0.5, 0.6) is 0 Å². The summed E-state index contributed by atoms with van der Waals surface area (Å²) in [5.74, 6) is 0. The van der Waals surface area contributed by atoms with E-state index in [4.69, 9.17) is 0 Å². The average Bonchev–Trinajstić information content (AvgIpc) is 2.09. The first-order valence-corrected chi connectivity index (χ1v) is 5.22. The van der Waals surface area contributed by atoms with Crippen LogP contribution in [0.1, 0.15) is 0 Å². The standard InChI is InChI=1S/C12H16P2/c1-9(5-7-11(3)13)10(2)6-8-12(4)14/h5-8H,1-4,13-14H2/b7-5-,8-6-. The van der Waals surface area contributed by atoms with Crippen LogP contribution in [-0.4, -0.2) is 0 Å². The summed E-state index contributed by atoms with van der Waals surface area (Å²) in [7, 11) is 5.02. The summed E-state index contributed by atoms with van der Waals surface area (Å²) in [5.41, 5.74) is 1.74. The van der Waals surface area contributed by atoms with Crippen molar-refractivity contribution < 1.29 is 0 Å². The Labute approximate surface area is 91.3 Å². The van der Waals surface area contributed by atoms with Gasteiger partial charge in [0.05, 0.1) is 0 Å². The van der Waals surface area contributed by atoms with Gasteiger partial charge in [-0.1, -0.05) is 50.6 Å². The smallest absolute Gasteiger partial charge is 0.0262 e. The van der Waals surface area contributed by atoms with E-state index in [0.29, 0.717) is 0 Å². The highest BCUT2D eigenvalue weighted by Gasteiger charge is 1.90. The molecule has 2 heteroatoms. The van der Waals surface area contributed by atoms with Crippen molar-refractivity contribution in [3.63, 3.8) is 0 Å². The fourth-order valence-electron chi connectivity index (χ4n) is 0.629. The van der Waals surface area contributed by atoms with Gasteiger partial charge in [0.15, 0.2) is 0 Å². The highest BCUT2D eigenvalue weighted by atomic mass is 31.0. The van der Waals surface area contributed by atoms with Crippen molar-refractivity contribution in [2.45, 2.75) is 0 Å². The Morgan fingerprint density at radius 1 is 0.643 bits per heavy atom. The molecule has 14 heavy (non-hydrogen) atoms. The Morgan fingerprint density at radius 3 is 1.14 bits per heavy atom. The maximum absolute atomic E-state index is 3.88. The molecule has 0 amide bonds. The van der Waals surface area contributed by atoms with Crippen molar-refractivity contribution in [1.82, 2.24) is 0 Å². The van der Waals surface area contributed by atoms with Gasteiger partial charge in [0, 0.05) is 0 Å². The lowest BCUT2D eigenvalue weighted by Crippen LogP contribution is -1.77. The molecule has 0 rings (SSSR count). The molecule has 0 aromatic heterocycles. The summed E-state index contributed by atoms with van der Waals surface area (Å²) in [4.78, 5) is 0. The largest absolute Gasteiger partial charge is 0.106 e. The average molecular weight is 222 g/mol. The fraction of sp³-hybridized carbons (Fsp3) is 0. The molecular weight excluding hydrogens is 206 g/mol. The van der Waals surface area contributed by atoms with Gasteiger partial charge < -0.3 is 0 Å². The first kappa shape index (κ1) is 13.3. The molecule has 0 fully saturated rings. The van der Waals surface area contributed by atoms with Crippen molar-refractivity contribution in [3.8, 4) is 0 Å². The lowest BCUT2D eigenvalue weighted by atomic mass is 10.1. The van der Waals surface area contributed by atoms with Gasteiger partial charge in [-0.15, -0.1) is 18.5 Å². The van der Waals surface area contributed by atoms with Crippen molar-refractivity contribution in [1.29, 1.82) is 0 Å². The maximum atomic E-state index is 3.88. The number of hydrogen-bond donors (Lipinski definition) is 0. The van der Waals surface area contributed by atoms with Crippen LogP contribution in [0.15, 0.2) is 72.4 Å². The fourth-order valence-corrected chi connectivity index (χ4v) is 0.822. The van der Waals surface area contributed by atoms with Crippen LogP contribution >= 0.6 is 18.5 Å². The molecule has 0 N–H and O–H groups in total. The Bertz CT molecular complexity index is 296. The molecule has 0 aromatic rings. The van der Waals surface area contributed by atoms with Crippen LogP contribution in [0.3, 0.4) is 0 Å². The summed E-state index contributed by atoms with van der Waals surface area (Å²) < 4.78 is 0. The molecule has 0 nitrogen and oxygen atoms in total. The normalized spacial score (nSPS) is 10.7. The summed E-state index contributed by atoms with van der Waals surface area (Å²) in [6, 6.07) is 0. The third-order valence-corrected chi connectivity index (χ3v) is 1.79. The van der Waals surface area contributed by atoms with Gasteiger partial charge in [-0.3, -0.25) is 0 Å². The predicted octanol–water partition coefficient (Wildman–Crippen LogP) is 3.99. The van der Waals surface area contributed by atoms with Gasteiger partial charge in [0.1, 0.15) is 0 Å². The molecule has 0 aliphatic heterocycles. The van der Waals surface area contributed by atoms with Gasteiger partial charge >= 0.3 is 0 Å². The first-order valence-electron chi connectivity index (χ1n) is 4.06. The minimum Gasteiger partial charge on any atom is -0.106 e. The van der Waals surface area contributed by atoms with E-state index in [9.17, 15) is 0 Å². The molecule has 0 radical (unpaired) electrons. The van der Waals surface area contributed by atoms with Crippen molar-refractivity contribution in [2.75, 3.05) is 0 Å². The quantitative estimate of drug-likeness (QED) is 0.487. The Morgan fingerprint density at radius 2 is 0.929 bits per heavy atom. The van der Waals surface area contributed by atoms with Gasteiger partial charge in [-0.2, -0.15) is 0 Å². The number of allylic oxidation sites excluding steroid dienone is 8. The predicted molar refractivity (Wildman–Crippen MR) is 74.3 cm³/mol. The van der Waals surface area contributed by atoms with Gasteiger partial charge in [-0.05, 0) is 21.8 Å². The summed E-state index contributed by atoms with van der Waals surface area (Å²) in [6.07, 6.45) is 7.52. The minimum absolute atomic E-state index is 0.871. The minimum atomic E-state index is 0.871. The molecule has 0 saturated heterocycles. The molecule has 0 bridgehead atoms. The topological polar surface area (TPSA) is 0 Å². The highest BCUT2D eigenvalue weighted by molar-refractivity contribution is 7.23. The molecule has 0 heterocycles. The first-order chi connectivity index (χ1) is 6.43. The van der Waals surface area contributed by atoms with Crippen molar-refractivity contribution in [2.24, 2.45) is 0 Å². The van der Waals surface area contributed by atoms with Crippen LogP contribution in [0.4, 0.5) is 0 Å². The molecule has 2 atom stereocenters. The Kier molecular flexibility index (Phi) is 6.37. The summed E-state index contributed by atoms with van der Waals surface area (Å²) >= 11 is 0. The molecule has 0 spiro atoms. The van der Waals surface area contributed by atoms with E-state index in [2.05, 4.69) is 44.8 Å². The lowest BCUT2D eigenvalue weighted by molar-refractivity contribution is 1.59. The zero-order valence-electron chi connectivity index (χ0n) is 8.29. The second kappa shape index (κ2) is 6.71. The van der Waals surface area contributed by atoms with Crippen LogP contribution in [-0.2, 0) is 0 Å². The maximum Gasteiger partial charge on any atom is -0.0262 e. The molecule has 0 aliphatic carbocycles. The van der Waals surface area contributed by atoms with E-state index in [1.807, 2.05) is 24.3 Å². The zero-order valence-corrected chi connectivity index (χ0v) is 10.6. The summed E-state index contributed by atoms with van der Waals surface area (Å²) in [5, 5.41) is 1.83. The van der Waals surface area contributed by atoms with Gasteiger partial charge in [-0.25, -0.2) is 0 Å². The second-order valence-corrected chi connectivity index (χ2v) is 4.35. The van der Waals surface area contributed by atoms with E-state index < -0.39 is 0 Å². The van der Waals surface area contributed by atoms with Crippen LogP contribution in [0.25, 0.3) is 0 Å². The third kappa shape index (κ3) is 6.78. The van der Waals surface area contributed by atoms with E-state index in [1.165, 1.54) is 0 Å². The van der Waals surface area contributed by atoms with Gasteiger partial charge in [0.2, 0.25) is 0 Å². The number of hydrogen-bond acceptors (Lipinski definition) is 0. The molecule has 0 aromatic carbocycles. The van der Waals surface area contributed by atoms with E-state index in [0.717, 1.165) is 21.8 Å². The zero-order chi connectivity index (χ0) is 11.1. The molecule has 2 unspecified atom stereocenters. The Hall–Kier alpha value is -0.700. The SMILES string of the molecule is C=C(P)/C=C\C(=C)C(=C)/C=C\C(=C)P. The second-order valence-electron chi connectivity index (χ2n) is 2.87. The van der Waals surface area contributed by atoms with Crippen LogP contribution < -0.4 is 0 Å². The lowest BCUT2D eigenvalue weighted by Gasteiger charge is -1.98. The Balaban J connectivity index is 4.35. The monoisotopic (exact) mass is 222 g/mol. The third-order valence-electron chi connectivity index (χ3n) is 1.41. The molecule has 74 valence electrons. The van der Waals surface area contributed by atoms with E-state index in [-0.39, 0.29) is 0 Å². The van der Waals surface area contributed by atoms with Crippen molar-refractivity contribution in [3.05, 3.63) is 72.4 Å². The highest BCUT2D eigenvalue weighted by Crippen LogP contribution is 2.13. The number of rotatable bonds is 5. The molecular formula is C12H16P2. The summed E-state index contributed by atoms with van der Waals surface area (Å²) in [6.45, 7) is 15.2. The molecule has 0 saturated carbocycles. The van der Waals surface area contributed by atoms with Gasteiger partial charge in [0.25, 0.3) is 0 Å². The molecule has 0 aliphatic rings.